The third-order valence-corrected chi connectivity index (χ3v) is 3.29. The van der Waals surface area contributed by atoms with E-state index in [0.29, 0.717) is 11.4 Å². The SMILES string of the molecule is Cc1cc(O)ccc1NC(=O)c1ccc2ccccc2n1. The zero-order chi connectivity index (χ0) is 14.8. The zero-order valence-electron chi connectivity index (χ0n) is 11.5. The number of amides is 1. The highest BCUT2D eigenvalue weighted by Gasteiger charge is 2.10. The number of nitrogens with zero attached hydrogens (tertiary/aromatic N) is 1. The Balaban J connectivity index is 1.89. The summed E-state index contributed by atoms with van der Waals surface area (Å²) in [5, 5.41) is 13.2. The largest absolute Gasteiger partial charge is 0.508 e. The van der Waals surface area contributed by atoms with Gasteiger partial charge in [-0.2, -0.15) is 0 Å². The maximum Gasteiger partial charge on any atom is 0.274 e. The second kappa shape index (κ2) is 5.25. The molecule has 0 fully saturated rings. The Hall–Kier alpha value is -2.88. The summed E-state index contributed by atoms with van der Waals surface area (Å²) in [6.07, 6.45) is 0. The van der Waals surface area contributed by atoms with Gasteiger partial charge in [0.15, 0.2) is 0 Å². The number of rotatable bonds is 2. The van der Waals surface area contributed by atoms with Gasteiger partial charge in [-0.25, -0.2) is 4.98 Å². The number of fused-ring (bicyclic) bond motifs is 1. The summed E-state index contributed by atoms with van der Waals surface area (Å²) in [6.45, 7) is 1.82. The molecule has 3 aromatic rings. The van der Waals surface area contributed by atoms with Crippen molar-refractivity contribution in [1.82, 2.24) is 4.98 Å². The first kappa shape index (κ1) is 13.1. The Morgan fingerprint density at radius 1 is 1.10 bits per heavy atom. The maximum absolute atomic E-state index is 12.3. The van der Waals surface area contributed by atoms with Crippen LogP contribution >= 0.6 is 0 Å². The second-order valence-corrected chi connectivity index (χ2v) is 4.84. The number of para-hydroxylation sites is 1. The molecule has 0 bridgehead atoms. The van der Waals surface area contributed by atoms with Crippen LogP contribution in [0.1, 0.15) is 16.1 Å². The van der Waals surface area contributed by atoms with E-state index in [1.165, 1.54) is 6.07 Å². The first-order valence-electron chi connectivity index (χ1n) is 6.60. The minimum Gasteiger partial charge on any atom is -0.508 e. The number of nitrogens with one attached hydrogen (secondary N) is 1. The van der Waals surface area contributed by atoms with E-state index in [-0.39, 0.29) is 11.7 Å². The van der Waals surface area contributed by atoms with Crippen LogP contribution in [0.5, 0.6) is 5.75 Å². The van der Waals surface area contributed by atoms with Crippen LogP contribution in [0.4, 0.5) is 5.69 Å². The number of carbonyl (C=O) groups excluding carboxylic acids is 1. The molecule has 0 saturated heterocycles. The van der Waals surface area contributed by atoms with Gasteiger partial charge in [-0.05, 0) is 42.8 Å². The molecule has 104 valence electrons. The Morgan fingerprint density at radius 3 is 2.71 bits per heavy atom. The topological polar surface area (TPSA) is 62.2 Å². The fourth-order valence-electron chi connectivity index (χ4n) is 2.17. The molecule has 21 heavy (non-hydrogen) atoms. The molecule has 0 radical (unpaired) electrons. The summed E-state index contributed by atoms with van der Waals surface area (Å²) in [6, 6.07) is 16.0. The van der Waals surface area contributed by atoms with E-state index in [2.05, 4.69) is 10.3 Å². The van der Waals surface area contributed by atoms with E-state index >= 15 is 0 Å². The third-order valence-electron chi connectivity index (χ3n) is 3.29. The van der Waals surface area contributed by atoms with Gasteiger partial charge in [0.2, 0.25) is 0 Å². The highest BCUT2D eigenvalue weighted by Crippen LogP contribution is 2.21. The Morgan fingerprint density at radius 2 is 1.90 bits per heavy atom. The molecule has 2 N–H and O–H groups in total. The standard InChI is InChI=1S/C17H14N2O2/c1-11-10-13(20)7-9-14(11)19-17(21)16-8-6-12-4-2-3-5-15(12)18-16/h2-10,20H,1H3,(H,19,21). The highest BCUT2D eigenvalue weighted by molar-refractivity contribution is 6.04. The Kier molecular flexibility index (Phi) is 3.28. The number of phenolic OH excluding ortho intramolecular Hbond substituents is 1. The summed E-state index contributed by atoms with van der Waals surface area (Å²) in [7, 11) is 0. The molecule has 0 aliphatic carbocycles. The predicted octanol–water partition coefficient (Wildman–Crippen LogP) is 3.50. The second-order valence-electron chi connectivity index (χ2n) is 4.84. The first-order valence-corrected chi connectivity index (χ1v) is 6.60. The monoisotopic (exact) mass is 278 g/mol. The minimum absolute atomic E-state index is 0.175. The number of aryl methyl sites for hydroxylation is 1. The zero-order valence-corrected chi connectivity index (χ0v) is 11.5. The number of hydrogen-bond acceptors (Lipinski definition) is 3. The van der Waals surface area contributed by atoms with Crippen LogP contribution in [0.2, 0.25) is 0 Å². The van der Waals surface area contributed by atoms with Crippen molar-refractivity contribution in [3.63, 3.8) is 0 Å². The number of phenols is 1. The van der Waals surface area contributed by atoms with E-state index in [1.807, 2.05) is 37.3 Å². The summed E-state index contributed by atoms with van der Waals surface area (Å²) in [5.41, 5.74) is 2.60. The van der Waals surface area contributed by atoms with E-state index in [4.69, 9.17) is 0 Å². The van der Waals surface area contributed by atoms with Crippen LogP contribution in [-0.2, 0) is 0 Å². The van der Waals surface area contributed by atoms with Crippen molar-refractivity contribution in [3.05, 3.63) is 65.9 Å². The van der Waals surface area contributed by atoms with Gasteiger partial charge in [-0.1, -0.05) is 24.3 Å². The lowest BCUT2D eigenvalue weighted by Crippen LogP contribution is -2.14. The van der Waals surface area contributed by atoms with Crippen molar-refractivity contribution >= 4 is 22.5 Å². The molecule has 4 heteroatoms. The predicted molar refractivity (Wildman–Crippen MR) is 82.5 cm³/mol. The average molecular weight is 278 g/mol. The van der Waals surface area contributed by atoms with Gasteiger partial charge in [0.1, 0.15) is 11.4 Å². The molecule has 0 atom stereocenters. The quantitative estimate of drug-likeness (QED) is 0.705. The number of aromatic hydroxyl groups is 1. The van der Waals surface area contributed by atoms with Gasteiger partial charge in [-0.15, -0.1) is 0 Å². The molecule has 2 aromatic carbocycles. The molecule has 1 heterocycles. The fraction of sp³-hybridized carbons (Fsp3) is 0.0588. The van der Waals surface area contributed by atoms with E-state index in [1.54, 1.807) is 18.2 Å². The van der Waals surface area contributed by atoms with Crippen molar-refractivity contribution in [2.24, 2.45) is 0 Å². The number of carbonyl (C=O) groups is 1. The molecule has 0 saturated carbocycles. The molecule has 0 spiro atoms. The van der Waals surface area contributed by atoms with Gasteiger partial charge >= 0.3 is 0 Å². The van der Waals surface area contributed by atoms with Crippen molar-refractivity contribution in [3.8, 4) is 5.75 Å². The molecule has 0 unspecified atom stereocenters. The normalized spacial score (nSPS) is 10.5. The van der Waals surface area contributed by atoms with E-state index < -0.39 is 0 Å². The maximum atomic E-state index is 12.3. The molecule has 1 amide bonds. The minimum atomic E-state index is -0.269. The van der Waals surface area contributed by atoms with Crippen LogP contribution in [0.25, 0.3) is 10.9 Å². The van der Waals surface area contributed by atoms with Crippen LogP contribution < -0.4 is 5.32 Å². The molecule has 1 aromatic heterocycles. The van der Waals surface area contributed by atoms with Crippen molar-refractivity contribution in [2.45, 2.75) is 6.92 Å². The molecule has 4 nitrogen and oxygen atoms in total. The van der Waals surface area contributed by atoms with Crippen LogP contribution in [-0.4, -0.2) is 16.0 Å². The lowest BCUT2D eigenvalue weighted by Gasteiger charge is -2.08. The molecular weight excluding hydrogens is 264 g/mol. The first-order chi connectivity index (χ1) is 10.1. The number of benzene rings is 2. The van der Waals surface area contributed by atoms with E-state index in [9.17, 15) is 9.90 Å². The average Bonchev–Trinajstić information content (AvgIpc) is 2.49. The van der Waals surface area contributed by atoms with Gasteiger partial charge in [0, 0.05) is 11.1 Å². The van der Waals surface area contributed by atoms with Gasteiger partial charge < -0.3 is 10.4 Å². The Bertz CT molecular complexity index is 828. The van der Waals surface area contributed by atoms with Crippen molar-refractivity contribution in [2.75, 3.05) is 5.32 Å². The summed E-state index contributed by atoms with van der Waals surface area (Å²) in [4.78, 5) is 16.6. The van der Waals surface area contributed by atoms with Crippen LogP contribution in [0, 0.1) is 6.92 Å². The summed E-state index contributed by atoms with van der Waals surface area (Å²) < 4.78 is 0. The number of anilines is 1. The lowest BCUT2D eigenvalue weighted by atomic mass is 10.1. The number of hydrogen-bond donors (Lipinski definition) is 2. The van der Waals surface area contributed by atoms with Gasteiger partial charge in [0.25, 0.3) is 5.91 Å². The molecule has 3 rings (SSSR count). The number of pyridine rings is 1. The van der Waals surface area contributed by atoms with Crippen molar-refractivity contribution < 1.29 is 9.90 Å². The Labute approximate surface area is 122 Å². The van der Waals surface area contributed by atoms with Gasteiger partial charge in [0.05, 0.1) is 5.52 Å². The molecule has 0 aliphatic rings. The number of aromatic nitrogens is 1. The van der Waals surface area contributed by atoms with E-state index in [0.717, 1.165) is 16.5 Å². The smallest absolute Gasteiger partial charge is 0.274 e. The lowest BCUT2D eigenvalue weighted by molar-refractivity contribution is 0.102. The summed E-state index contributed by atoms with van der Waals surface area (Å²) >= 11 is 0. The highest BCUT2D eigenvalue weighted by atomic mass is 16.3. The third kappa shape index (κ3) is 2.69. The molecule has 0 aliphatic heterocycles. The molecular formula is C17H14N2O2. The summed E-state index contributed by atoms with van der Waals surface area (Å²) in [5.74, 6) is -0.0936. The fourth-order valence-corrected chi connectivity index (χ4v) is 2.17. The van der Waals surface area contributed by atoms with Crippen LogP contribution in [0.15, 0.2) is 54.6 Å². The van der Waals surface area contributed by atoms with Crippen molar-refractivity contribution in [1.29, 1.82) is 0 Å². The van der Waals surface area contributed by atoms with Crippen LogP contribution in [0.3, 0.4) is 0 Å². The van der Waals surface area contributed by atoms with Gasteiger partial charge in [-0.3, -0.25) is 4.79 Å².